The summed E-state index contributed by atoms with van der Waals surface area (Å²) in [7, 11) is 1.26. The molecule has 2 heterocycles. The van der Waals surface area contributed by atoms with Gasteiger partial charge in [-0.3, -0.25) is 0 Å². The fourth-order valence-electron chi connectivity index (χ4n) is 2.47. The van der Waals surface area contributed by atoms with Crippen molar-refractivity contribution in [3.05, 3.63) is 72.1 Å². The number of esters is 1. The number of methoxy groups -OCH3 is 1. The third-order valence-corrected chi connectivity index (χ3v) is 3.97. The van der Waals surface area contributed by atoms with Crippen molar-refractivity contribution in [1.82, 2.24) is 10.3 Å². The molecule has 0 bridgehead atoms. The predicted molar refractivity (Wildman–Crippen MR) is 112 cm³/mol. The summed E-state index contributed by atoms with van der Waals surface area (Å²) < 4.78 is 14.2. The molecule has 0 amide bonds. The topological polar surface area (TPSA) is 156 Å². The molecule has 10 heteroatoms. The number of phenols is 2. The number of carboxylic acids is 1. The zero-order valence-corrected chi connectivity index (χ0v) is 16.1. The summed E-state index contributed by atoms with van der Waals surface area (Å²) in [5, 5.41) is 34.6. The van der Waals surface area contributed by atoms with E-state index in [0.717, 1.165) is 0 Å². The van der Waals surface area contributed by atoms with Crippen LogP contribution in [0.5, 0.6) is 11.5 Å². The molecule has 2 aromatic heterocycles. The molecular formula is C22H20N2O8. The molecule has 0 aliphatic carbocycles. The van der Waals surface area contributed by atoms with Crippen LogP contribution in [0, 0.1) is 0 Å². The molecule has 32 heavy (non-hydrogen) atoms. The Morgan fingerprint density at radius 2 is 1.25 bits per heavy atom. The van der Waals surface area contributed by atoms with Crippen LogP contribution in [0.25, 0.3) is 22.6 Å². The van der Waals surface area contributed by atoms with Crippen molar-refractivity contribution in [3.8, 4) is 34.1 Å². The Balaban J connectivity index is 0.000000220. The van der Waals surface area contributed by atoms with Crippen LogP contribution in [0.15, 0.2) is 69.7 Å². The van der Waals surface area contributed by atoms with Gasteiger partial charge in [0.1, 0.15) is 11.5 Å². The number of aromatic carboxylic acids is 1. The van der Waals surface area contributed by atoms with E-state index in [4.69, 9.17) is 14.2 Å². The minimum absolute atomic E-state index is 0. The lowest BCUT2D eigenvalue weighted by atomic mass is 10.1. The monoisotopic (exact) mass is 440 g/mol. The van der Waals surface area contributed by atoms with E-state index in [2.05, 4.69) is 15.1 Å². The summed E-state index contributed by atoms with van der Waals surface area (Å²) >= 11 is 0. The summed E-state index contributed by atoms with van der Waals surface area (Å²) in [5.41, 5.74) is 0.775. The first-order valence-corrected chi connectivity index (χ1v) is 8.72. The van der Waals surface area contributed by atoms with Crippen molar-refractivity contribution in [2.45, 2.75) is 7.43 Å². The highest BCUT2D eigenvalue weighted by Crippen LogP contribution is 2.29. The summed E-state index contributed by atoms with van der Waals surface area (Å²) in [5.74, 6) is -1.12. The SMILES string of the molecule is C.COC(=O)c1cc(-c2ccccc2O)on1.O=C(O)c1cc(-c2ccccc2O)on1. The number of ether oxygens (including phenoxy) is 1. The standard InChI is InChI=1S/C11H9NO4.C10H7NO4.CH4/c1-15-11(14)8-6-10(16-12-8)7-4-2-3-5-9(7)13;12-8-4-2-1-3-6(8)9-5-7(10(13)14)11-15-9;/h2-6,13H,1H3;1-5,12H,(H,13,14);1H4. The van der Waals surface area contributed by atoms with Gasteiger partial charge < -0.3 is 29.1 Å². The maximum absolute atomic E-state index is 11.1. The highest BCUT2D eigenvalue weighted by molar-refractivity contribution is 5.88. The second-order valence-electron chi connectivity index (χ2n) is 5.98. The van der Waals surface area contributed by atoms with E-state index in [1.807, 2.05) is 0 Å². The van der Waals surface area contributed by atoms with E-state index in [0.29, 0.717) is 16.9 Å². The summed E-state index contributed by atoms with van der Waals surface area (Å²) in [6, 6.07) is 15.8. The van der Waals surface area contributed by atoms with Crippen molar-refractivity contribution in [2.24, 2.45) is 0 Å². The third kappa shape index (κ3) is 5.30. The Kier molecular flexibility index (Phi) is 7.72. The van der Waals surface area contributed by atoms with Crippen molar-refractivity contribution < 1.29 is 38.7 Å². The maximum Gasteiger partial charge on any atom is 0.360 e. The highest BCUT2D eigenvalue weighted by Gasteiger charge is 2.16. The summed E-state index contributed by atoms with van der Waals surface area (Å²) in [4.78, 5) is 21.7. The van der Waals surface area contributed by atoms with Crippen molar-refractivity contribution in [2.75, 3.05) is 7.11 Å². The van der Waals surface area contributed by atoms with Gasteiger partial charge in [-0.1, -0.05) is 42.0 Å². The Morgan fingerprint density at radius 3 is 1.66 bits per heavy atom. The van der Waals surface area contributed by atoms with Crippen LogP contribution >= 0.6 is 0 Å². The number of benzene rings is 2. The number of phenolic OH excluding ortho intramolecular Hbond substituents is 2. The molecular weight excluding hydrogens is 420 g/mol. The Morgan fingerprint density at radius 1 is 0.812 bits per heavy atom. The van der Waals surface area contributed by atoms with Crippen LogP contribution in [-0.2, 0) is 4.74 Å². The minimum atomic E-state index is -1.17. The van der Waals surface area contributed by atoms with Crippen LogP contribution in [-0.4, -0.2) is 44.7 Å². The fraction of sp³-hybridized carbons (Fsp3) is 0.0909. The van der Waals surface area contributed by atoms with Gasteiger partial charge in [0.15, 0.2) is 22.9 Å². The first kappa shape index (κ1) is 23.7. The molecule has 0 saturated carbocycles. The second-order valence-corrected chi connectivity index (χ2v) is 5.98. The maximum atomic E-state index is 11.1. The second kappa shape index (κ2) is 10.4. The van der Waals surface area contributed by atoms with Crippen LogP contribution in [0.4, 0.5) is 0 Å². The summed E-state index contributed by atoms with van der Waals surface area (Å²) in [6.45, 7) is 0. The minimum Gasteiger partial charge on any atom is -0.507 e. The largest absolute Gasteiger partial charge is 0.507 e. The van der Waals surface area contributed by atoms with E-state index >= 15 is 0 Å². The molecule has 0 atom stereocenters. The van der Waals surface area contributed by atoms with Gasteiger partial charge in [0.05, 0.1) is 18.2 Å². The molecule has 3 N–H and O–H groups in total. The van der Waals surface area contributed by atoms with Gasteiger partial charge in [-0.15, -0.1) is 0 Å². The molecule has 0 spiro atoms. The first-order valence-electron chi connectivity index (χ1n) is 8.72. The number of carboxylic acid groups (broad SMARTS) is 1. The van der Waals surface area contributed by atoms with Crippen LogP contribution in [0.1, 0.15) is 28.4 Å². The lowest BCUT2D eigenvalue weighted by Crippen LogP contribution is -2.00. The smallest absolute Gasteiger partial charge is 0.360 e. The quantitative estimate of drug-likeness (QED) is 0.393. The van der Waals surface area contributed by atoms with Crippen LogP contribution in [0.2, 0.25) is 0 Å². The first-order chi connectivity index (χ1) is 14.9. The number of nitrogens with zero attached hydrogens (tertiary/aromatic N) is 2. The van der Waals surface area contributed by atoms with Gasteiger partial charge in [-0.25, -0.2) is 9.59 Å². The van der Waals surface area contributed by atoms with Crippen molar-refractivity contribution in [1.29, 1.82) is 0 Å². The van der Waals surface area contributed by atoms with Gasteiger partial charge >= 0.3 is 11.9 Å². The number of para-hydroxylation sites is 2. The summed E-state index contributed by atoms with van der Waals surface area (Å²) in [6.07, 6.45) is 0. The Labute approximate surface area is 182 Å². The number of rotatable bonds is 4. The molecule has 0 fully saturated rings. The van der Waals surface area contributed by atoms with E-state index in [9.17, 15) is 19.8 Å². The molecule has 0 aliphatic rings. The van der Waals surface area contributed by atoms with Crippen LogP contribution in [0.3, 0.4) is 0 Å². The van der Waals surface area contributed by atoms with Crippen molar-refractivity contribution >= 4 is 11.9 Å². The van der Waals surface area contributed by atoms with E-state index in [1.165, 1.54) is 31.4 Å². The number of hydrogen-bond acceptors (Lipinski definition) is 9. The van der Waals surface area contributed by atoms with Crippen molar-refractivity contribution in [3.63, 3.8) is 0 Å². The number of hydrogen-bond donors (Lipinski definition) is 3. The lowest BCUT2D eigenvalue weighted by Gasteiger charge is -1.97. The molecule has 2 aromatic carbocycles. The molecule has 0 saturated heterocycles. The molecule has 0 aliphatic heterocycles. The fourth-order valence-corrected chi connectivity index (χ4v) is 2.47. The van der Waals surface area contributed by atoms with Gasteiger partial charge in [0, 0.05) is 12.1 Å². The average Bonchev–Trinajstić information content (AvgIpc) is 3.45. The van der Waals surface area contributed by atoms with Gasteiger partial charge in [0.25, 0.3) is 0 Å². The van der Waals surface area contributed by atoms with Gasteiger partial charge in [-0.2, -0.15) is 0 Å². The Bertz CT molecular complexity index is 1210. The zero-order valence-electron chi connectivity index (χ0n) is 16.1. The van der Waals surface area contributed by atoms with E-state index in [1.54, 1.807) is 36.4 Å². The Hall–Kier alpha value is -4.60. The lowest BCUT2D eigenvalue weighted by molar-refractivity contribution is 0.0588. The van der Waals surface area contributed by atoms with Crippen LogP contribution < -0.4 is 0 Å². The molecule has 4 rings (SSSR count). The number of carbonyl (C=O) groups is 2. The van der Waals surface area contributed by atoms with E-state index in [-0.39, 0.29) is 36.1 Å². The molecule has 0 unspecified atom stereocenters. The highest BCUT2D eigenvalue weighted by atomic mass is 16.5. The molecule has 10 nitrogen and oxygen atoms in total. The number of aromatic hydroxyl groups is 2. The normalized spacial score (nSPS) is 9.78. The number of carbonyl (C=O) groups excluding carboxylic acids is 1. The van der Waals surface area contributed by atoms with Gasteiger partial charge in [0.2, 0.25) is 0 Å². The average molecular weight is 440 g/mol. The van der Waals surface area contributed by atoms with E-state index < -0.39 is 11.9 Å². The molecule has 4 aromatic rings. The predicted octanol–water partition coefficient (Wildman–Crippen LogP) is 4.22. The molecule has 0 radical (unpaired) electrons. The molecule has 166 valence electrons. The third-order valence-electron chi connectivity index (χ3n) is 3.97. The number of aromatic nitrogens is 2. The zero-order chi connectivity index (χ0) is 22.4. The van der Waals surface area contributed by atoms with Gasteiger partial charge in [-0.05, 0) is 24.3 Å².